The molecule has 0 aromatic heterocycles. The molecule has 1 rings (SSSR count). The minimum Gasteiger partial charge on any atom is -0.480 e. The molecule has 1 amide bonds. The van der Waals surface area contributed by atoms with Crippen LogP contribution in [0.4, 0.5) is 8.78 Å². The molecular weight excluding hydrogens is 288 g/mol. The predicted octanol–water partition coefficient (Wildman–Crippen LogP) is 2.21. The van der Waals surface area contributed by atoms with Gasteiger partial charge in [0, 0.05) is 6.07 Å². The molecule has 20 heavy (non-hydrogen) atoms. The summed E-state index contributed by atoms with van der Waals surface area (Å²) in [5, 5.41) is 11.2. The summed E-state index contributed by atoms with van der Waals surface area (Å²) >= 11 is 1.44. The molecule has 0 radical (unpaired) electrons. The quantitative estimate of drug-likeness (QED) is 0.845. The first-order valence-corrected chi connectivity index (χ1v) is 7.24. The molecule has 0 saturated heterocycles. The highest BCUT2D eigenvalue weighted by atomic mass is 32.2. The molecule has 1 aromatic carbocycles. The fourth-order valence-electron chi connectivity index (χ4n) is 1.56. The molecule has 7 heteroatoms. The van der Waals surface area contributed by atoms with E-state index in [1.807, 2.05) is 6.26 Å². The molecule has 0 aliphatic heterocycles. The number of carbonyl (C=O) groups is 2. The van der Waals surface area contributed by atoms with E-state index in [4.69, 9.17) is 5.11 Å². The summed E-state index contributed by atoms with van der Waals surface area (Å²) in [6.07, 6.45) is 2.04. The van der Waals surface area contributed by atoms with Gasteiger partial charge in [0.15, 0.2) is 0 Å². The third-order valence-corrected chi connectivity index (χ3v) is 3.35. The molecule has 4 nitrogen and oxygen atoms in total. The number of carboxylic acid groups (broad SMARTS) is 1. The zero-order valence-electron chi connectivity index (χ0n) is 11.1. The van der Waals surface area contributed by atoms with Gasteiger partial charge in [0.05, 0.1) is 5.56 Å². The van der Waals surface area contributed by atoms with Gasteiger partial charge in [0.25, 0.3) is 5.91 Å². The van der Waals surface area contributed by atoms with Crippen molar-refractivity contribution in [2.75, 3.05) is 12.0 Å². The highest BCUT2D eigenvalue weighted by molar-refractivity contribution is 7.98. The largest absolute Gasteiger partial charge is 0.480 e. The number of hydrogen-bond donors (Lipinski definition) is 2. The molecule has 0 saturated carbocycles. The number of aliphatic carboxylic acids is 1. The summed E-state index contributed by atoms with van der Waals surface area (Å²) < 4.78 is 26.6. The maximum atomic E-state index is 13.5. The third kappa shape index (κ3) is 4.19. The average Bonchev–Trinajstić information content (AvgIpc) is 2.38. The van der Waals surface area contributed by atoms with E-state index < -0.39 is 29.6 Å². The monoisotopic (exact) mass is 303 g/mol. The molecule has 0 unspecified atom stereocenters. The minimum absolute atomic E-state index is 0.118. The summed E-state index contributed by atoms with van der Waals surface area (Å²) in [7, 11) is 0. The smallest absolute Gasteiger partial charge is 0.326 e. The van der Waals surface area contributed by atoms with Crippen molar-refractivity contribution in [3.63, 3.8) is 0 Å². The maximum Gasteiger partial charge on any atom is 0.326 e. The van der Waals surface area contributed by atoms with Gasteiger partial charge in [0.1, 0.15) is 17.7 Å². The van der Waals surface area contributed by atoms with Crippen molar-refractivity contribution in [2.24, 2.45) is 0 Å². The first-order valence-electron chi connectivity index (χ1n) is 5.85. The van der Waals surface area contributed by atoms with Crippen LogP contribution >= 0.6 is 11.8 Å². The third-order valence-electron chi connectivity index (χ3n) is 2.71. The van der Waals surface area contributed by atoms with Gasteiger partial charge in [-0.25, -0.2) is 13.6 Å². The number of amides is 1. The zero-order valence-corrected chi connectivity index (χ0v) is 11.9. The van der Waals surface area contributed by atoms with Crippen molar-refractivity contribution in [2.45, 2.75) is 19.4 Å². The zero-order chi connectivity index (χ0) is 15.3. The Kier molecular flexibility index (Phi) is 5.94. The van der Waals surface area contributed by atoms with Crippen molar-refractivity contribution >= 4 is 23.6 Å². The lowest BCUT2D eigenvalue weighted by atomic mass is 10.1. The number of benzene rings is 1. The van der Waals surface area contributed by atoms with E-state index in [-0.39, 0.29) is 17.5 Å². The van der Waals surface area contributed by atoms with Crippen LogP contribution in [0.15, 0.2) is 12.1 Å². The van der Waals surface area contributed by atoms with Gasteiger partial charge in [-0.3, -0.25) is 4.79 Å². The van der Waals surface area contributed by atoms with Gasteiger partial charge in [0.2, 0.25) is 0 Å². The molecule has 110 valence electrons. The molecular formula is C13H15F2NO3S. The maximum absolute atomic E-state index is 13.5. The molecule has 1 aromatic rings. The van der Waals surface area contributed by atoms with Crippen LogP contribution in [-0.4, -0.2) is 35.0 Å². The minimum atomic E-state index is -1.19. The molecule has 1 atom stereocenters. The fraction of sp³-hybridized carbons (Fsp3) is 0.385. The van der Waals surface area contributed by atoms with E-state index in [9.17, 15) is 18.4 Å². The summed E-state index contributed by atoms with van der Waals surface area (Å²) in [5.41, 5.74) is -0.244. The lowest BCUT2D eigenvalue weighted by Gasteiger charge is -2.14. The number of thioether (sulfide) groups is 1. The van der Waals surface area contributed by atoms with Crippen LogP contribution in [0.2, 0.25) is 0 Å². The van der Waals surface area contributed by atoms with Crippen molar-refractivity contribution in [1.82, 2.24) is 5.32 Å². The van der Waals surface area contributed by atoms with Crippen LogP contribution < -0.4 is 5.32 Å². The lowest BCUT2D eigenvalue weighted by molar-refractivity contribution is -0.139. The first kappa shape index (κ1) is 16.4. The molecule has 2 N–H and O–H groups in total. The van der Waals surface area contributed by atoms with Crippen molar-refractivity contribution in [1.29, 1.82) is 0 Å². The van der Waals surface area contributed by atoms with E-state index in [1.54, 1.807) is 0 Å². The molecule has 0 fully saturated rings. The molecule has 0 aliphatic carbocycles. The van der Waals surface area contributed by atoms with Crippen LogP contribution in [0.25, 0.3) is 0 Å². The van der Waals surface area contributed by atoms with Crippen LogP contribution in [0.3, 0.4) is 0 Å². The summed E-state index contributed by atoms with van der Waals surface area (Å²) in [4.78, 5) is 22.9. The number of carbonyl (C=O) groups excluding carboxylic acids is 1. The molecule has 0 aliphatic rings. The second kappa shape index (κ2) is 7.23. The predicted molar refractivity (Wildman–Crippen MR) is 73.0 cm³/mol. The van der Waals surface area contributed by atoms with Gasteiger partial charge in [-0.15, -0.1) is 0 Å². The van der Waals surface area contributed by atoms with E-state index in [2.05, 4.69) is 5.32 Å². The Balaban J connectivity index is 2.89. The van der Waals surface area contributed by atoms with Gasteiger partial charge in [-0.05, 0) is 37.0 Å². The van der Waals surface area contributed by atoms with Crippen molar-refractivity contribution < 1.29 is 23.5 Å². The number of nitrogens with one attached hydrogen (secondary N) is 1. The Morgan fingerprint density at radius 3 is 2.55 bits per heavy atom. The van der Waals surface area contributed by atoms with Crippen LogP contribution in [0, 0.1) is 18.6 Å². The van der Waals surface area contributed by atoms with Crippen LogP contribution in [0.5, 0.6) is 0 Å². The standard InChI is InChI=1S/C13H15F2NO3S/c1-7-5-8(10(15)6-9(7)14)12(17)16-11(13(18)19)3-4-20-2/h5-6,11H,3-4H2,1-2H3,(H,16,17)(H,18,19)/t11-/m1/s1. The molecule has 0 heterocycles. The molecule has 0 bridgehead atoms. The highest BCUT2D eigenvalue weighted by Crippen LogP contribution is 2.14. The van der Waals surface area contributed by atoms with Gasteiger partial charge < -0.3 is 10.4 Å². The Hall–Kier alpha value is -1.63. The van der Waals surface area contributed by atoms with E-state index >= 15 is 0 Å². The average molecular weight is 303 g/mol. The topological polar surface area (TPSA) is 66.4 Å². The number of rotatable bonds is 6. The normalized spacial score (nSPS) is 12.0. The second-order valence-corrected chi connectivity index (χ2v) is 5.21. The summed E-state index contributed by atoms with van der Waals surface area (Å²) in [6.45, 7) is 1.40. The lowest BCUT2D eigenvalue weighted by Crippen LogP contribution is -2.41. The van der Waals surface area contributed by atoms with Crippen molar-refractivity contribution in [3.8, 4) is 0 Å². The van der Waals surface area contributed by atoms with E-state index in [1.165, 1.54) is 18.7 Å². The van der Waals surface area contributed by atoms with Gasteiger partial charge in [-0.1, -0.05) is 0 Å². The summed E-state index contributed by atoms with van der Waals surface area (Å²) in [6, 6.07) is 0.578. The summed E-state index contributed by atoms with van der Waals surface area (Å²) in [5.74, 6) is -3.27. The number of aryl methyl sites for hydroxylation is 1. The van der Waals surface area contributed by atoms with E-state index in [0.717, 1.165) is 6.07 Å². The van der Waals surface area contributed by atoms with Crippen LogP contribution in [-0.2, 0) is 4.79 Å². The molecule has 0 spiro atoms. The van der Waals surface area contributed by atoms with Gasteiger partial charge in [-0.2, -0.15) is 11.8 Å². The Labute approximate surface area is 119 Å². The SMILES string of the molecule is CSCC[C@@H](NC(=O)c1cc(C)c(F)cc1F)C(=O)O. The fourth-order valence-corrected chi connectivity index (χ4v) is 2.03. The van der Waals surface area contributed by atoms with E-state index in [0.29, 0.717) is 11.8 Å². The number of hydrogen-bond acceptors (Lipinski definition) is 3. The number of halogens is 2. The first-order chi connectivity index (χ1) is 9.36. The van der Waals surface area contributed by atoms with Crippen molar-refractivity contribution in [3.05, 3.63) is 34.9 Å². The second-order valence-electron chi connectivity index (χ2n) is 4.23. The Morgan fingerprint density at radius 2 is 2.00 bits per heavy atom. The van der Waals surface area contributed by atoms with Crippen LogP contribution in [0.1, 0.15) is 22.3 Å². The van der Waals surface area contributed by atoms with Gasteiger partial charge >= 0.3 is 5.97 Å². The Morgan fingerprint density at radius 1 is 1.35 bits per heavy atom. The number of carboxylic acids is 1. The Bertz CT molecular complexity index is 523. The highest BCUT2D eigenvalue weighted by Gasteiger charge is 2.22.